The number of hydrogen-bond donors (Lipinski definition) is 1. The molecule has 4 nitrogen and oxygen atoms in total. The third-order valence-electron chi connectivity index (χ3n) is 2.87. The highest BCUT2D eigenvalue weighted by Crippen LogP contribution is 2.18. The number of anilines is 1. The molecule has 0 aliphatic heterocycles. The number of nitrogens with one attached hydrogen (secondary N) is 1. The molecule has 0 radical (unpaired) electrons. The summed E-state index contributed by atoms with van der Waals surface area (Å²) in [7, 11) is 1.90. The van der Waals surface area contributed by atoms with E-state index < -0.39 is 0 Å². The monoisotopic (exact) mass is 216 g/mol. The maximum atomic E-state index is 3.90. The number of aryl methyl sites for hydroxylation is 2. The Labute approximate surface area is 95.3 Å². The largest absolute Gasteiger partial charge is 0.379 e. The lowest BCUT2D eigenvalue weighted by molar-refractivity contribution is 0.683. The number of rotatable bonds is 3. The molecular weight excluding hydrogens is 200 g/mol. The van der Waals surface area contributed by atoms with Crippen LogP contribution in [0.15, 0.2) is 24.4 Å². The molecule has 1 N–H and O–H groups in total. The number of hydrogen-bond acceptors (Lipinski definition) is 3. The quantitative estimate of drug-likeness (QED) is 0.853. The summed E-state index contributed by atoms with van der Waals surface area (Å²) >= 11 is 0. The zero-order valence-corrected chi connectivity index (χ0v) is 9.86. The molecule has 16 heavy (non-hydrogen) atoms. The lowest BCUT2D eigenvalue weighted by atomic mass is 10.1. The first-order valence-electron chi connectivity index (χ1n) is 5.32. The van der Waals surface area contributed by atoms with Crippen LogP contribution < -0.4 is 5.32 Å². The van der Waals surface area contributed by atoms with Crippen molar-refractivity contribution in [1.29, 1.82) is 0 Å². The van der Waals surface area contributed by atoms with E-state index in [4.69, 9.17) is 0 Å². The van der Waals surface area contributed by atoms with Crippen molar-refractivity contribution >= 4 is 5.69 Å². The van der Waals surface area contributed by atoms with Crippen LogP contribution in [0, 0.1) is 13.8 Å². The molecule has 0 saturated carbocycles. The van der Waals surface area contributed by atoms with E-state index in [0.29, 0.717) is 0 Å². The van der Waals surface area contributed by atoms with Gasteiger partial charge in [0.25, 0.3) is 0 Å². The van der Waals surface area contributed by atoms with Crippen LogP contribution >= 0.6 is 0 Å². The Balaban J connectivity index is 2.11. The zero-order valence-electron chi connectivity index (χ0n) is 9.86. The predicted octanol–water partition coefficient (Wildman–Crippen LogP) is 2.04. The van der Waals surface area contributed by atoms with Crippen molar-refractivity contribution < 1.29 is 0 Å². The van der Waals surface area contributed by atoms with E-state index in [1.807, 2.05) is 7.05 Å². The van der Waals surface area contributed by atoms with E-state index in [1.54, 1.807) is 10.9 Å². The molecule has 4 heteroatoms. The van der Waals surface area contributed by atoms with Crippen LogP contribution in [0.1, 0.15) is 16.8 Å². The fourth-order valence-corrected chi connectivity index (χ4v) is 1.60. The summed E-state index contributed by atoms with van der Waals surface area (Å²) in [6.07, 6.45) is 1.78. The summed E-state index contributed by atoms with van der Waals surface area (Å²) in [6.45, 7) is 4.99. The van der Waals surface area contributed by atoms with Crippen molar-refractivity contribution in [2.24, 2.45) is 7.05 Å². The van der Waals surface area contributed by atoms with Gasteiger partial charge in [0.15, 0.2) is 0 Å². The van der Waals surface area contributed by atoms with Crippen LogP contribution in [0.25, 0.3) is 0 Å². The average Bonchev–Trinajstić information content (AvgIpc) is 2.67. The molecule has 1 aromatic carbocycles. The number of nitrogens with zero attached hydrogens (tertiary/aromatic N) is 3. The third-order valence-corrected chi connectivity index (χ3v) is 2.87. The first-order valence-corrected chi connectivity index (χ1v) is 5.32. The van der Waals surface area contributed by atoms with Crippen LogP contribution in [0.3, 0.4) is 0 Å². The molecular formula is C12H16N4. The summed E-state index contributed by atoms with van der Waals surface area (Å²) in [5.41, 5.74) is 4.83. The lowest BCUT2D eigenvalue weighted by Crippen LogP contribution is -2.06. The van der Waals surface area contributed by atoms with Crippen LogP contribution in [-0.2, 0) is 13.6 Å². The van der Waals surface area contributed by atoms with Gasteiger partial charge in [-0.05, 0) is 31.0 Å². The molecule has 84 valence electrons. The second kappa shape index (κ2) is 4.35. The number of benzene rings is 1. The van der Waals surface area contributed by atoms with Gasteiger partial charge in [0.05, 0.1) is 18.4 Å². The predicted molar refractivity (Wildman–Crippen MR) is 64.2 cm³/mol. The first-order chi connectivity index (χ1) is 7.68. The third kappa shape index (κ3) is 2.05. The minimum absolute atomic E-state index is 0.744. The Hall–Kier alpha value is -1.84. The van der Waals surface area contributed by atoms with Gasteiger partial charge in [-0.25, -0.2) is 0 Å². The molecule has 2 rings (SSSR count). The maximum absolute atomic E-state index is 3.90. The summed E-state index contributed by atoms with van der Waals surface area (Å²) in [5.74, 6) is 0. The molecule has 0 amide bonds. The van der Waals surface area contributed by atoms with Crippen LogP contribution in [0.2, 0.25) is 0 Å². The summed E-state index contributed by atoms with van der Waals surface area (Å²) < 4.78 is 1.78. The molecule has 0 atom stereocenters. The van der Waals surface area contributed by atoms with Gasteiger partial charge in [0.1, 0.15) is 0 Å². The minimum Gasteiger partial charge on any atom is -0.379 e. The van der Waals surface area contributed by atoms with Gasteiger partial charge in [-0.2, -0.15) is 0 Å². The van der Waals surface area contributed by atoms with E-state index in [0.717, 1.165) is 12.2 Å². The standard InChI is InChI=1S/C12H16N4/c1-9-5-4-6-12(10(9)2)13-7-11-8-14-15-16(11)3/h4-6,8,13H,7H2,1-3H3. The van der Waals surface area contributed by atoms with Crippen molar-refractivity contribution in [3.05, 3.63) is 41.2 Å². The van der Waals surface area contributed by atoms with Gasteiger partial charge >= 0.3 is 0 Å². The second-order valence-corrected chi connectivity index (χ2v) is 3.95. The van der Waals surface area contributed by atoms with Gasteiger partial charge in [0, 0.05) is 12.7 Å². The van der Waals surface area contributed by atoms with E-state index in [1.165, 1.54) is 16.8 Å². The molecule has 0 saturated heterocycles. The van der Waals surface area contributed by atoms with Crippen molar-refractivity contribution in [3.8, 4) is 0 Å². The van der Waals surface area contributed by atoms with Crippen LogP contribution in [0.5, 0.6) is 0 Å². The molecule has 0 spiro atoms. The van der Waals surface area contributed by atoms with Gasteiger partial charge in [-0.1, -0.05) is 17.3 Å². The molecule has 0 aliphatic carbocycles. The van der Waals surface area contributed by atoms with Crippen molar-refractivity contribution in [3.63, 3.8) is 0 Å². The van der Waals surface area contributed by atoms with Crippen molar-refractivity contribution in [2.45, 2.75) is 20.4 Å². The molecule has 0 fully saturated rings. The second-order valence-electron chi connectivity index (χ2n) is 3.95. The molecule has 0 bridgehead atoms. The Morgan fingerprint density at radius 1 is 1.31 bits per heavy atom. The van der Waals surface area contributed by atoms with E-state index in [9.17, 15) is 0 Å². The highest BCUT2D eigenvalue weighted by Gasteiger charge is 2.02. The molecule has 2 aromatic rings. The van der Waals surface area contributed by atoms with Crippen LogP contribution in [-0.4, -0.2) is 15.0 Å². The van der Waals surface area contributed by atoms with Crippen molar-refractivity contribution in [1.82, 2.24) is 15.0 Å². The Morgan fingerprint density at radius 2 is 2.12 bits per heavy atom. The topological polar surface area (TPSA) is 42.7 Å². The van der Waals surface area contributed by atoms with Gasteiger partial charge < -0.3 is 5.32 Å². The zero-order chi connectivity index (χ0) is 11.5. The highest BCUT2D eigenvalue weighted by molar-refractivity contribution is 5.53. The van der Waals surface area contributed by atoms with Gasteiger partial charge in [-0.3, -0.25) is 4.68 Å². The smallest absolute Gasteiger partial charge is 0.0774 e. The fourth-order valence-electron chi connectivity index (χ4n) is 1.60. The first kappa shape index (κ1) is 10.7. The summed E-state index contributed by atoms with van der Waals surface area (Å²) in [6, 6.07) is 6.27. The van der Waals surface area contributed by atoms with Crippen molar-refractivity contribution in [2.75, 3.05) is 5.32 Å². The van der Waals surface area contributed by atoms with E-state index in [-0.39, 0.29) is 0 Å². The van der Waals surface area contributed by atoms with Gasteiger partial charge in [0.2, 0.25) is 0 Å². The summed E-state index contributed by atoms with van der Waals surface area (Å²) in [4.78, 5) is 0. The Bertz CT molecular complexity index is 488. The normalized spacial score (nSPS) is 10.4. The molecule has 1 heterocycles. The van der Waals surface area contributed by atoms with E-state index >= 15 is 0 Å². The molecule has 0 aliphatic rings. The minimum atomic E-state index is 0.744. The Kier molecular flexibility index (Phi) is 2.90. The van der Waals surface area contributed by atoms with E-state index in [2.05, 4.69) is 47.7 Å². The number of aromatic nitrogens is 3. The Morgan fingerprint density at radius 3 is 2.81 bits per heavy atom. The maximum Gasteiger partial charge on any atom is 0.0774 e. The fraction of sp³-hybridized carbons (Fsp3) is 0.333. The highest BCUT2D eigenvalue weighted by atomic mass is 15.4. The summed E-state index contributed by atoms with van der Waals surface area (Å²) in [5, 5.41) is 11.1. The molecule has 1 aromatic heterocycles. The average molecular weight is 216 g/mol. The molecule has 0 unspecified atom stereocenters. The van der Waals surface area contributed by atoms with Crippen LogP contribution in [0.4, 0.5) is 5.69 Å². The van der Waals surface area contributed by atoms with Gasteiger partial charge in [-0.15, -0.1) is 5.10 Å². The SMILES string of the molecule is Cc1cccc(NCc2cnnn2C)c1C. The lowest BCUT2D eigenvalue weighted by Gasteiger charge is -2.10.